The van der Waals surface area contributed by atoms with E-state index in [0.29, 0.717) is 24.7 Å². The number of hydrogen-bond acceptors (Lipinski definition) is 4. The summed E-state index contributed by atoms with van der Waals surface area (Å²) < 4.78 is 27.4. The van der Waals surface area contributed by atoms with Gasteiger partial charge in [0.25, 0.3) is 0 Å². The number of allylic oxidation sites excluding steroid dienone is 3. The van der Waals surface area contributed by atoms with Gasteiger partial charge in [0.2, 0.25) is 10.0 Å². The first-order chi connectivity index (χ1) is 12.4. The van der Waals surface area contributed by atoms with Gasteiger partial charge in [-0.05, 0) is 30.5 Å². The highest BCUT2D eigenvalue weighted by molar-refractivity contribution is 7.93. The number of nitrogens with one attached hydrogen (secondary N) is 2. The van der Waals surface area contributed by atoms with Crippen molar-refractivity contribution in [1.29, 1.82) is 0 Å². The average molecular weight is 374 g/mol. The molecular weight excluding hydrogens is 356 g/mol. The fourth-order valence-electron chi connectivity index (χ4n) is 2.99. The van der Waals surface area contributed by atoms with Crippen molar-refractivity contribution in [3.05, 3.63) is 58.7 Å². The zero-order valence-corrected chi connectivity index (χ0v) is 14.6. The fraction of sp³-hybridized carbons (Fsp3) is 0.222. The molecule has 1 atom stereocenters. The van der Waals surface area contributed by atoms with Gasteiger partial charge in [-0.2, -0.15) is 4.72 Å². The molecule has 0 saturated carbocycles. The van der Waals surface area contributed by atoms with Gasteiger partial charge in [0.1, 0.15) is 12.3 Å². The Kier molecular flexibility index (Phi) is 5.06. The van der Waals surface area contributed by atoms with Gasteiger partial charge in [-0.1, -0.05) is 24.3 Å². The van der Waals surface area contributed by atoms with Crippen LogP contribution in [-0.4, -0.2) is 36.8 Å². The lowest BCUT2D eigenvalue weighted by Crippen LogP contribution is -2.42. The highest BCUT2D eigenvalue weighted by Gasteiger charge is 2.29. The van der Waals surface area contributed by atoms with Crippen LogP contribution in [0.5, 0.6) is 0 Å². The Morgan fingerprint density at radius 3 is 2.85 bits per heavy atom. The number of aromatic amines is 1. The van der Waals surface area contributed by atoms with Crippen molar-refractivity contribution >= 4 is 33.2 Å². The standard InChI is InChI=1S/C18H18N2O5S/c21-11-12-5-1-4-8-17(12)26(24,25)20-16(18(22)23)9-13-10-19-15-7-3-2-6-14(13)15/h2-4,6-8,10-11,16,19-20H,1,5,9H2,(H,22,23). The molecule has 0 aliphatic heterocycles. The zero-order valence-electron chi connectivity index (χ0n) is 13.8. The largest absolute Gasteiger partial charge is 0.480 e. The number of rotatable bonds is 7. The van der Waals surface area contributed by atoms with E-state index in [0.717, 1.165) is 10.9 Å². The van der Waals surface area contributed by atoms with Crippen molar-refractivity contribution in [2.75, 3.05) is 0 Å². The van der Waals surface area contributed by atoms with Crippen LogP contribution < -0.4 is 4.72 Å². The number of carbonyl (C=O) groups excluding carboxylic acids is 1. The summed E-state index contributed by atoms with van der Waals surface area (Å²) in [4.78, 5) is 25.6. The molecule has 0 saturated heterocycles. The molecule has 0 amide bonds. The minimum Gasteiger partial charge on any atom is -0.480 e. The maximum Gasteiger partial charge on any atom is 0.322 e. The SMILES string of the molecule is O=CC1=C(S(=O)(=O)NC(Cc2c[nH]c3ccccc23)C(=O)O)C=CCC1. The number of aliphatic carboxylic acids is 1. The Morgan fingerprint density at radius 1 is 1.35 bits per heavy atom. The molecule has 1 heterocycles. The smallest absolute Gasteiger partial charge is 0.322 e. The second-order valence-electron chi connectivity index (χ2n) is 6.02. The number of carboxylic acid groups (broad SMARTS) is 1. The molecule has 1 aliphatic carbocycles. The van der Waals surface area contributed by atoms with Crippen LogP contribution in [0.15, 0.2) is 53.1 Å². The van der Waals surface area contributed by atoms with E-state index in [-0.39, 0.29) is 16.9 Å². The molecule has 0 fully saturated rings. The number of benzene rings is 1. The summed E-state index contributed by atoms with van der Waals surface area (Å²) in [6.45, 7) is 0. The minimum atomic E-state index is -4.12. The second kappa shape index (κ2) is 7.27. The molecule has 8 heteroatoms. The van der Waals surface area contributed by atoms with Gasteiger partial charge in [-0.25, -0.2) is 8.42 Å². The molecule has 0 radical (unpaired) electrons. The summed E-state index contributed by atoms with van der Waals surface area (Å²) in [5.41, 5.74) is 1.69. The maximum atomic E-state index is 12.6. The molecule has 1 aliphatic rings. The van der Waals surface area contributed by atoms with E-state index in [4.69, 9.17) is 0 Å². The zero-order chi connectivity index (χ0) is 18.7. The van der Waals surface area contributed by atoms with Gasteiger partial charge >= 0.3 is 5.97 Å². The molecule has 2 aromatic rings. The summed E-state index contributed by atoms with van der Waals surface area (Å²) in [5, 5.41) is 10.3. The van der Waals surface area contributed by atoms with Crippen molar-refractivity contribution in [3.63, 3.8) is 0 Å². The van der Waals surface area contributed by atoms with Crippen LogP contribution in [0.2, 0.25) is 0 Å². The number of carboxylic acids is 1. The molecule has 3 rings (SSSR count). The van der Waals surface area contributed by atoms with Crippen LogP contribution in [-0.2, 0) is 26.0 Å². The Bertz CT molecular complexity index is 1020. The molecule has 3 N–H and O–H groups in total. The van der Waals surface area contributed by atoms with E-state index < -0.39 is 22.0 Å². The van der Waals surface area contributed by atoms with E-state index >= 15 is 0 Å². The second-order valence-corrected chi connectivity index (χ2v) is 7.71. The number of aromatic nitrogens is 1. The molecular formula is C18H18N2O5S. The van der Waals surface area contributed by atoms with Crippen molar-refractivity contribution in [2.45, 2.75) is 25.3 Å². The van der Waals surface area contributed by atoms with Crippen LogP contribution in [0.3, 0.4) is 0 Å². The molecule has 1 aromatic carbocycles. The first-order valence-corrected chi connectivity index (χ1v) is 9.55. The number of para-hydroxylation sites is 1. The van der Waals surface area contributed by atoms with E-state index in [9.17, 15) is 23.1 Å². The van der Waals surface area contributed by atoms with E-state index in [1.54, 1.807) is 12.3 Å². The maximum absolute atomic E-state index is 12.6. The van der Waals surface area contributed by atoms with Crippen molar-refractivity contribution in [3.8, 4) is 0 Å². The normalized spacial score (nSPS) is 16.0. The lowest BCUT2D eigenvalue weighted by Gasteiger charge is -2.17. The fourth-order valence-corrected chi connectivity index (χ4v) is 4.45. The first-order valence-electron chi connectivity index (χ1n) is 8.07. The molecule has 0 bridgehead atoms. The monoisotopic (exact) mass is 374 g/mol. The molecule has 7 nitrogen and oxygen atoms in total. The number of carbonyl (C=O) groups is 2. The first kappa shape index (κ1) is 18.1. The van der Waals surface area contributed by atoms with E-state index in [1.165, 1.54) is 6.08 Å². The predicted molar refractivity (Wildman–Crippen MR) is 96.9 cm³/mol. The van der Waals surface area contributed by atoms with Crippen LogP contribution in [0.1, 0.15) is 18.4 Å². The van der Waals surface area contributed by atoms with Crippen LogP contribution in [0.25, 0.3) is 10.9 Å². The molecule has 136 valence electrons. The Balaban J connectivity index is 1.89. The quantitative estimate of drug-likeness (QED) is 0.640. The summed E-state index contributed by atoms with van der Waals surface area (Å²) in [5.74, 6) is -1.29. The van der Waals surface area contributed by atoms with Gasteiger partial charge < -0.3 is 10.1 Å². The van der Waals surface area contributed by atoms with Gasteiger partial charge in [0.15, 0.2) is 0 Å². The third-order valence-electron chi connectivity index (χ3n) is 4.29. The van der Waals surface area contributed by atoms with Gasteiger partial charge in [0.05, 0.1) is 4.91 Å². The third-order valence-corrected chi connectivity index (χ3v) is 5.86. The lowest BCUT2D eigenvalue weighted by atomic mass is 10.1. The van der Waals surface area contributed by atoms with Gasteiger partial charge in [-0.15, -0.1) is 0 Å². The van der Waals surface area contributed by atoms with Crippen molar-refractivity contribution in [1.82, 2.24) is 9.71 Å². The van der Waals surface area contributed by atoms with Gasteiger partial charge in [-0.3, -0.25) is 9.59 Å². The highest BCUT2D eigenvalue weighted by atomic mass is 32.2. The molecule has 1 aromatic heterocycles. The van der Waals surface area contributed by atoms with Crippen LogP contribution >= 0.6 is 0 Å². The minimum absolute atomic E-state index is 0.0218. The number of H-pyrrole nitrogens is 1. The summed E-state index contributed by atoms with van der Waals surface area (Å²) in [6, 6.07) is 6.02. The molecule has 1 unspecified atom stereocenters. The molecule has 0 spiro atoms. The number of sulfonamides is 1. The van der Waals surface area contributed by atoms with Crippen molar-refractivity contribution in [2.24, 2.45) is 0 Å². The topological polar surface area (TPSA) is 116 Å². The number of fused-ring (bicyclic) bond motifs is 1. The average Bonchev–Trinajstić information content (AvgIpc) is 3.04. The number of hydrogen-bond donors (Lipinski definition) is 3. The van der Waals surface area contributed by atoms with Gasteiger partial charge in [0, 0.05) is 29.1 Å². The van der Waals surface area contributed by atoms with E-state index in [1.807, 2.05) is 24.3 Å². The number of aldehydes is 1. The van der Waals surface area contributed by atoms with Crippen molar-refractivity contribution < 1.29 is 23.1 Å². The third kappa shape index (κ3) is 3.61. The Hall–Kier alpha value is -2.71. The van der Waals surface area contributed by atoms with E-state index in [2.05, 4.69) is 9.71 Å². The molecule has 26 heavy (non-hydrogen) atoms. The Morgan fingerprint density at radius 2 is 2.12 bits per heavy atom. The lowest BCUT2D eigenvalue weighted by molar-refractivity contribution is -0.138. The highest BCUT2D eigenvalue weighted by Crippen LogP contribution is 2.23. The summed E-state index contributed by atoms with van der Waals surface area (Å²) in [7, 11) is -4.12. The predicted octanol–water partition coefficient (Wildman–Crippen LogP) is 1.89. The van der Waals surface area contributed by atoms with Crippen LogP contribution in [0, 0.1) is 0 Å². The summed E-state index contributed by atoms with van der Waals surface area (Å²) in [6.07, 6.45) is 6.05. The summed E-state index contributed by atoms with van der Waals surface area (Å²) >= 11 is 0. The Labute approximate surface area is 150 Å². The van der Waals surface area contributed by atoms with Crippen LogP contribution in [0.4, 0.5) is 0 Å².